The Morgan fingerprint density at radius 3 is 2.85 bits per heavy atom. The Bertz CT molecular complexity index is 600. The first-order valence-electron chi connectivity index (χ1n) is 7.90. The number of nitrogens with zero attached hydrogens (tertiary/aromatic N) is 1. The lowest BCUT2D eigenvalue weighted by atomic mass is 10.0. The molecule has 20 heavy (non-hydrogen) atoms. The first-order chi connectivity index (χ1) is 9.76. The minimum atomic E-state index is 1.03. The number of pyridine rings is 1. The molecule has 3 rings (SSSR count). The second-order valence-electron chi connectivity index (χ2n) is 6.02. The lowest BCUT2D eigenvalue weighted by Gasteiger charge is -2.10. The zero-order chi connectivity index (χ0) is 13.9. The molecule has 1 aliphatic carbocycles. The van der Waals surface area contributed by atoms with Crippen LogP contribution in [0.1, 0.15) is 43.9 Å². The molecule has 0 aliphatic heterocycles. The first kappa shape index (κ1) is 13.4. The smallest absolute Gasteiger partial charge is 0.0709 e. The summed E-state index contributed by atoms with van der Waals surface area (Å²) in [4.78, 5) is 4.63. The molecule has 1 fully saturated rings. The summed E-state index contributed by atoms with van der Waals surface area (Å²) >= 11 is 0. The van der Waals surface area contributed by atoms with Gasteiger partial charge in [0.2, 0.25) is 0 Å². The number of hydrogen-bond acceptors (Lipinski definition) is 2. The topological polar surface area (TPSA) is 24.9 Å². The third-order valence-corrected chi connectivity index (χ3v) is 4.22. The third kappa shape index (κ3) is 3.12. The first-order valence-corrected chi connectivity index (χ1v) is 7.90. The monoisotopic (exact) mass is 268 g/mol. The summed E-state index contributed by atoms with van der Waals surface area (Å²) in [5.41, 5.74) is 4.85. The number of rotatable bonds is 6. The van der Waals surface area contributed by atoms with Gasteiger partial charge >= 0.3 is 0 Å². The number of benzene rings is 1. The number of anilines is 1. The molecule has 1 saturated carbocycles. The van der Waals surface area contributed by atoms with E-state index in [1.54, 1.807) is 0 Å². The van der Waals surface area contributed by atoms with Crippen molar-refractivity contribution in [3.8, 4) is 0 Å². The van der Waals surface area contributed by atoms with E-state index >= 15 is 0 Å². The molecule has 1 aliphatic rings. The van der Waals surface area contributed by atoms with E-state index in [4.69, 9.17) is 0 Å². The third-order valence-electron chi connectivity index (χ3n) is 4.22. The van der Waals surface area contributed by atoms with Crippen LogP contribution in [0.2, 0.25) is 0 Å². The molecule has 2 aromatic rings. The van der Waals surface area contributed by atoms with Gasteiger partial charge in [-0.2, -0.15) is 0 Å². The van der Waals surface area contributed by atoms with Gasteiger partial charge in [0.25, 0.3) is 0 Å². The fraction of sp³-hybridized carbons (Fsp3) is 0.500. The predicted octanol–water partition coefficient (Wildman–Crippen LogP) is 4.71. The fourth-order valence-corrected chi connectivity index (χ4v) is 2.88. The molecular weight excluding hydrogens is 244 g/mol. The van der Waals surface area contributed by atoms with Crippen molar-refractivity contribution in [3.63, 3.8) is 0 Å². The van der Waals surface area contributed by atoms with Crippen LogP contribution in [-0.4, -0.2) is 11.5 Å². The molecule has 0 bridgehead atoms. The summed E-state index contributed by atoms with van der Waals surface area (Å²) in [7, 11) is 0. The fourth-order valence-electron chi connectivity index (χ4n) is 2.88. The van der Waals surface area contributed by atoms with E-state index in [-0.39, 0.29) is 0 Å². The van der Waals surface area contributed by atoms with Gasteiger partial charge in [0, 0.05) is 23.3 Å². The van der Waals surface area contributed by atoms with Crippen LogP contribution in [-0.2, 0) is 6.42 Å². The van der Waals surface area contributed by atoms with Crippen molar-refractivity contribution in [3.05, 3.63) is 35.5 Å². The molecule has 0 atom stereocenters. The zero-order valence-corrected chi connectivity index (χ0v) is 12.6. The highest BCUT2D eigenvalue weighted by atomic mass is 14.9. The number of aryl methyl sites for hydroxylation is 2. The van der Waals surface area contributed by atoms with Crippen LogP contribution in [0.25, 0.3) is 10.9 Å². The summed E-state index contributed by atoms with van der Waals surface area (Å²) in [5.74, 6) is 1.03. The molecule has 0 amide bonds. The lowest BCUT2D eigenvalue weighted by Crippen LogP contribution is -2.02. The molecule has 2 heteroatoms. The summed E-state index contributed by atoms with van der Waals surface area (Å²) in [6, 6.07) is 8.77. The van der Waals surface area contributed by atoms with E-state index in [0.717, 1.165) is 30.1 Å². The predicted molar refractivity (Wildman–Crippen MR) is 86.3 cm³/mol. The minimum Gasteiger partial charge on any atom is -0.385 e. The van der Waals surface area contributed by atoms with Crippen molar-refractivity contribution in [1.29, 1.82) is 0 Å². The Morgan fingerprint density at radius 2 is 2.10 bits per heavy atom. The number of aromatic nitrogens is 1. The molecule has 106 valence electrons. The maximum Gasteiger partial charge on any atom is 0.0709 e. The van der Waals surface area contributed by atoms with E-state index in [2.05, 4.69) is 48.4 Å². The Kier molecular flexibility index (Phi) is 3.90. The van der Waals surface area contributed by atoms with Crippen LogP contribution in [0, 0.1) is 12.8 Å². The average molecular weight is 268 g/mol. The van der Waals surface area contributed by atoms with Crippen LogP contribution in [0.3, 0.4) is 0 Å². The van der Waals surface area contributed by atoms with Crippen molar-refractivity contribution in [2.24, 2.45) is 5.92 Å². The van der Waals surface area contributed by atoms with Crippen LogP contribution < -0.4 is 5.32 Å². The summed E-state index contributed by atoms with van der Waals surface area (Å²) in [6.45, 7) is 5.37. The van der Waals surface area contributed by atoms with Gasteiger partial charge in [-0.25, -0.2) is 0 Å². The van der Waals surface area contributed by atoms with Crippen molar-refractivity contribution in [2.45, 2.75) is 46.0 Å². The molecule has 0 radical (unpaired) electrons. The van der Waals surface area contributed by atoms with Crippen molar-refractivity contribution < 1.29 is 0 Å². The highest BCUT2D eigenvalue weighted by Gasteiger charge is 2.19. The molecule has 0 unspecified atom stereocenters. The molecular formula is C18H24N2. The molecule has 0 spiro atoms. The minimum absolute atomic E-state index is 1.03. The van der Waals surface area contributed by atoms with Crippen molar-refractivity contribution >= 4 is 16.6 Å². The van der Waals surface area contributed by atoms with Gasteiger partial charge in [0.15, 0.2) is 0 Å². The van der Waals surface area contributed by atoms with Gasteiger partial charge in [0.05, 0.1) is 5.52 Å². The van der Waals surface area contributed by atoms with Gasteiger partial charge in [-0.3, -0.25) is 4.98 Å². The SMILES string of the molecule is CCc1cc(C)nc2ccc(NCCCC3CC3)cc12. The molecule has 1 heterocycles. The van der Waals surface area contributed by atoms with E-state index in [0.29, 0.717) is 0 Å². The summed E-state index contributed by atoms with van der Waals surface area (Å²) in [6.07, 6.45) is 6.66. The van der Waals surface area contributed by atoms with Crippen LogP contribution in [0.15, 0.2) is 24.3 Å². The summed E-state index contributed by atoms with van der Waals surface area (Å²) in [5, 5.41) is 4.85. The van der Waals surface area contributed by atoms with Gasteiger partial charge in [0.1, 0.15) is 0 Å². The van der Waals surface area contributed by atoms with Gasteiger partial charge in [-0.05, 0) is 61.9 Å². The van der Waals surface area contributed by atoms with E-state index < -0.39 is 0 Å². The standard InChI is InChI=1S/C18H24N2/c1-3-15-11-13(2)20-18-9-8-16(12-17(15)18)19-10-4-5-14-6-7-14/h8-9,11-12,14,19H,3-7,10H2,1-2H3. The molecule has 2 nitrogen and oxygen atoms in total. The number of hydrogen-bond donors (Lipinski definition) is 1. The summed E-state index contributed by atoms with van der Waals surface area (Å²) < 4.78 is 0. The Hall–Kier alpha value is -1.57. The highest BCUT2D eigenvalue weighted by molar-refractivity contribution is 5.85. The van der Waals surface area contributed by atoms with Crippen LogP contribution >= 0.6 is 0 Å². The Morgan fingerprint density at radius 1 is 1.25 bits per heavy atom. The molecule has 0 saturated heterocycles. The highest BCUT2D eigenvalue weighted by Crippen LogP contribution is 2.33. The number of fused-ring (bicyclic) bond motifs is 1. The quantitative estimate of drug-likeness (QED) is 0.768. The van der Waals surface area contributed by atoms with Crippen LogP contribution in [0.5, 0.6) is 0 Å². The zero-order valence-electron chi connectivity index (χ0n) is 12.6. The normalized spacial score (nSPS) is 14.7. The van der Waals surface area contributed by atoms with Crippen LogP contribution in [0.4, 0.5) is 5.69 Å². The van der Waals surface area contributed by atoms with E-state index in [1.165, 1.54) is 42.3 Å². The van der Waals surface area contributed by atoms with E-state index in [1.807, 2.05) is 0 Å². The largest absolute Gasteiger partial charge is 0.385 e. The van der Waals surface area contributed by atoms with Gasteiger partial charge in [-0.1, -0.05) is 19.8 Å². The second-order valence-corrected chi connectivity index (χ2v) is 6.02. The molecule has 1 N–H and O–H groups in total. The van der Waals surface area contributed by atoms with E-state index in [9.17, 15) is 0 Å². The second kappa shape index (κ2) is 5.82. The van der Waals surface area contributed by atoms with Gasteiger partial charge in [-0.15, -0.1) is 0 Å². The maximum absolute atomic E-state index is 4.63. The maximum atomic E-state index is 4.63. The molecule has 1 aromatic heterocycles. The Labute approximate surface area is 121 Å². The molecule has 1 aromatic carbocycles. The average Bonchev–Trinajstić information content (AvgIpc) is 3.27. The van der Waals surface area contributed by atoms with Crippen molar-refractivity contribution in [2.75, 3.05) is 11.9 Å². The lowest BCUT2D eigenvalue weighted by molar-refractivity contribution is 0.687. The Balaban J connectivity index is 1.73. The number of nitrogens with one attached hydrogen (secondary N) is 1. The van der Waals surface area contributed by atoms with Gasteiger partial charge < -0.3 is 5.32 Å². The van der Waals surface area contributed by atoms with Crippen molar-refractivity contribution in [1.82, 2.24) is 4.98 Å².